The molecule has 0 atom stereocenters. The third-order valence-corrected chi connectivity index (χ3v) is 1.74. The zero-order chi connectivity index (χ0) is 14.3. The van der Waals surface area contributed by atoms with Crippen LogP contribution in [0.4, 0.5) is 10.3 Å². The van der Waals surface area contributed by atoms with Gasteiger partial charge in [-0.25, -0.2) is 4.39 Å². The summed E-state index contributed by atoms with van der Waals surface area (Å²) in [4.78, 5) is 12.2. The molecule has 1 aromatic carbocycles. The molecule has 10 heteroatoms. The summed E-state index contributed by atoms with van der Waals surface area (Å²) in [6.45, 7) is 0.218. The Hall–Kier alpha value is -2.91. The van der Waals surface area contributed by atoms with Crippen molar-refractivity contribution in [2.75, 3.05) is 5.73 Å². The Morgan fingerprint density at radius 2 is 2.05 bits per heavy atom. The predicted octanol–water partition coefficient (Wildman–Crippen LogP) is 0.757. The third kappa shape index (κ3) is 5.81. The molecule has 102 valence electrons. The number of H-pyrrole nitrogens is 1. The number of rotatable bonds is 3. The fourth-order valence-corrected chi connectivity index (χ4v) is 1.06. The molecular formula is C9H10FN5O4. The van der Waals surface area contributed by atoms with E-state index in [0.29, 0.717) is 11.6 Å². The van der Waals surface area contributed by atoms with E-state index in [2.05, 4.69) is 15.2 Å². The second-order valence-electron chi connectivity index (χ2n) is 3.12. The molecule has 0 aliphatic heterocycles. The fourth-order valence-electron chi connectivity index (χ4n) is 1.06. The van der Waals surface area contributed by atoms with E-state index in [0.717, 1.165) is 0 Å². The number of nitrogens with one attached hydrogen (secondary N) is 1. The van der Waals surface area contributed by atoms with Crippen LogP contribution in [-0.4, -0.2) is 25.5 Å². The summed E-state index contributed by atoms with van der Waals surface area (Å²) < 4.78 is 17.9. The lowest BCUT2D eigenvalue weighted by Gasteiger charge is -2.02. The minimum Gasteiger partial charge on any atom is -0.486 e. The average molecular weight is 271 g/mol. The number of anilines is 1. The summed E-state index contributed by atoms with van der Waals surface area (Å²) >= 11 is 0. The number of aromatic amines is 1. The number of nitrogens with zero attached hydrogens (tertiary/aromatic N) is 3. The van der Waals surface area contributed by atoms with Crippen molar-refractivity contribution in [1.29, 1.82) is 0 Å². The summed E-state index contributed by atoms with van der Waals surface area (Å²) in [5, 5.41) is 19.9. The topological polar surface area (TPSA) is 140 Å². The minimum absolute atomic E-state index is 0.174. The van der Waals surface area contributed by atoms with Gasteiger partial charge in [0.05, 0.1) is 0 Å². The lowest BCUT2D eigenvalue weighted by molar-refractivity contribution is -0.742. The molecule has 1 aromatic heterocycles. The smallest absolute Gasteiger partial charge is 0.291 e. The van der Waals surface area contributed by atoms with Crippen LogP contribution in [0.15, 0.2) is 24.3 Å². The van der Waals surface area contributed by atoms with Crippen molar-refractivity contribution >= 4 is 5.95 Å². The average Bonchev–Trinajstić information content (AvgIpc) is 2.74. The van der Waals surface area contributed by atoms with E-state index >= 15 is 0 Å². The Labute approximate surface area is 105 Å². The monoisotopic (exact) mass is 271 g/mol. The number of nitrogens with two attached hydrogens (primary N) is 1. The van der Waals surface area contributed by atoms with Gasteiger partial charge in [-0.15, -0.1) is 15.2 Å². The van der Waals surface area contributed by atoms with Crippen LogP contribution in [0.25, 0.3) is 0 Å². The maximum atomic E-state index is 12.6. The van der Waals surface area contributed by atoms with Crippen LogP contribution in [-0.2, 0) is 6.61 Å². The van der Waals surface area contributed by atoms with Crippen molar-refractivity contribution in [2.45, 2.75) is 6.61 Å². The Kier molecular flexibility index (Phi) is 5.02. The van der Waals surface area contributed by atoms with Gasteiger partial charge in [-0.3, -0.25) is 5.10 Å². The molecule has 0 radical (unpaired) electrons. The van der Waals surface area contributed by atoms with E-state index in [-0.39, 0.29) is 18.4 Å². The second kappa shape index (κ2) is 6.74. The summed E-state index contributed by atoms with van der Waals surface area (Å²) in [6.07, 6.45) is 0. The molecule has 1 heterocycles. The Balaban J connectivity index is 0.000000399. The van der Waals surface area contributed by atoms with E-state index in [9.17, 15) is 4.39 Å². The van der Waals surface area contributed by atoms with Crippen molar-refractivity contribution in [1.82, 2.24) is 15.2 Å². The standard InChI is InChI=1S/C9H9FN4O.HNO3/c10-6-1-3-7(4-2-6)15-5-8-12-9(11)14-13-8;2-1(3)4/h1-4H,5H2,(H3,11,12,13,14);(H,2,3,4). The maximum absolute atomic E-state index is 12.6. The molecule has 0 saturated heterocycles. The molecule has 0 unspecified atom stereocenters. The highest BCUT2D eigenvalue weighted by Crippen LogP contribution is 2.12. The Bertz CT molecular complexity index is 526. The van der Waals surface area contributed by atoms with Crippen LogP contribution in [0.3, 0.4) is 0 Å². The first-order valence-corrected chi connectivity index (χ1v) is 4.85. The van der Waals surface area contributed by atoms with Crippen LogP contribution in [0.2, 0.25) is 0 Å². The normalized spacial score (nSPS) is 9.32. The van der Waals surface area contributed by atoms with Gasteiger partial charge in [0.15, 0.2) is 5.82 Å². The number of benzene rings is 1. The molecule has 0 fully saturated rings. The SMILES string of the molecule is Nc1n[nH]c(COc2ccc(F)cc2)n1.O=[N+]([O-])O. The minimum atomic E-state index is -1.50. The first kappa shape index (κ1) is 14.2. The zero-order valence-electron chi connectivity index (χ0n) is 9.49. The largest absolute Gasteiger partial charge is 0.486 e. The summed E-state index contributed by atoms with van der Waals surface area (Å²) in [7, 11) is 0. The predicted molar refractivity (Wildman–Crippen MR) is 60.3 cm³/mol. The summed E-state index contributed by atoms with van der Waals surface area (Å²) in [5.41, 5.74) is 5.31. The van der Waals surface area contributed by atoms with Gasteiger partial charge in [-0.1, -0.05) is 0 Å². The first-order valence-electron chi connectivity index (χ1n) is 4.85. The van der Waals surface area contributed by atoms with E-state index in [1.807, 2.05) is 0 Å². The zero-order valence-corrected chi connectivity index (χ0v) is 9.49. The van der Waals surface area contributed by atoms with Gasteiger partial charge in [-0.2, -0.15) is 4.98 Å². The molecule has 0 bridgehead atoms. The van der Waals surface area contributed by atoms with E-state index in [1.54, 1.807) is 0 Å². The first-order chi connectivity index (χ1) is 8.97. The van der Waals surface area contributed by atoms with Crippen molar-refractivity contribution in [3.8, 4) is 5.75 Å². The third-order valence-electron chi connectivity index (χ3n) is 1.74. The van der Waals surface area contributed by atoms with E-state index in [1.165, 1.54) is 24.3 Å². The molecular weight excluding hydrogens is 261 g/mol. The van der Waals surface area contributed by atoms with Crippen molar-refractivity contribution in [3.63, 3.8) is 0 Å². The van der Waals surface area contributed by atoms with Crippen molar-refractivity contribution in [3.05, 3.63) is 46.0 Å². The van der Waals surface area contributed by atoms with Gasteiger partial charge in [0.2, 0.25) is 5.95 Å². The molecule has 9 nitrogen and oxygen atoms in total. The summed E-state index contributed by atoms with van der Waals surface area (Å²) in [6, 6.07) is 5.72. The number of aromatic nitrogens is 3. The molecule has 2 rings (SSSR count). The van der Waals surface area contributed by atoms with Crippen LogP contribution < -0.4 is 10.5 Å². The van der Waals surface area contributed by atoms with Gasteiger partial charge < -0.3 is 15.7 Å². The van der Waals surface area contributed by atoms with Gasteiger partial charge >= 0.3 is 0 Å². The Morgan fingerprint density at radius 1 is 1.47 bits per heavy atom. The molecule has 0 spiro atoms. The molecule has 0 amide bonds. The van der Waals surface area contributed by atoms with Gasteiger partial charge in [0.25, 0.3) is 5.09 Å². The molecule has 0 aliphatic carbocycles. The van der Waals surface area contributed by atoms with E-state index < -0.39 is 5.09 Å². The number of hydrogen-bond donors (Lipinski definition) is 3. The second-order valence-corrected chi connectivity index (χ2v) is 3.12. The molecule has 0 aliphatic rings. The van der Waals surface area contributed by atoms with Crippen LogP contribution in [0, 0.1) is 15.9 Å². The van der Waals surface area contributed by atoms with Crippen LogP contribution in [0.1, 0.15) is 5.82 Å². The maximum Gasteiger partial charge on any atom is 0.291 e. The van der Waals surface area contributed by atoms with Gasteiger partial charge in [-0.05, 0) is 24.3 Å². The van der Waals surface area contributed by atoms with Crippen LogP contribution >= 0.6 is 0 Å². The van der Waals surface area contributed by atoms with Crippen LogP contribution in [0.5, 0.6) is 5.75 Å². The quantitative estimate of drug-likeness (QED) is 0.552. The number of nitrogen functional groups attached to an aromatic ring is 1. The van der Waals surface area contributed by atoms with E-state index in [4.69, 9.17) is 25.8 Å². The van der Waals surface area contributed by atoms with Crippen molar-refractivity contribution in [2.24, 2.45) is 0 Å². The molecule has 19 heavy (non-hydrogen) atoms. The summed E-state index contributed by atoms with van der Waals surface area (Å²) in [5.74, 6) is 0.960. The number of ether oxygens (including phenoxy) is 1. The lowest BCUT2D eigenvalue weighted by atomic mass is 10.3. The molecule has 0 saturated carbocycles. The highest BCUT2D eigenvalue weighted by atomic mass is 19.1. The van der Waals surface area contributed by atoms with Gasteiger partial charge in [0, 0.05) is 0 Å². The number of hydrogen-bond acceptors (Lipinski definition) is 6. The molecule has 4 N–H and O–H groups in total. The van der Waals surface area contributed by atoms with Gasteiger partial charge in [0.1, 0.15) is 18.2 Å². The fraction of sp³-hybridized carbons (Fsp3) is 0.111. The van der Waals surface area contributed by atoms with Crippen molar-refractivity contribution < 1.29 is 19.4 Å². The highest BCUT2D eigenvalue weighted by molar-refractivity contribution is 5.22. The lowest BCUT2D eigenvalue weighted by Crippen LogP contribution is -1.97. The number of halogens is 1. The Morgan fingerprint density at radius 3 is 2.53 bits per heavy atom. The highest BCUT2D eigenvalue weighted by Gasteiger charge is 2.00. The molecule has 2 aromatic rings.